The van der Waals surface area contributed by atoms with Crippen molar-refractivity contribution in [2.45, 2.75) is 39.3 Å². The maximum Gasteiger partial charge on any atom is 0.410 e. The molecule has 0 radical (unpaired) electrons. The van der Waals surface area contributed by atoms with Crippen LogP contribution in [-0.4, -0.2) is 78.0 Å². The SMILES string of the molecule is C[C@@H]1CN(C(=O)c2cc(N)cc(C(=O)N(C)C)c2)CCN1C(=O)OC(C)(C)C. The molecule has 3 amide bonds. The van der Waals surface area contributed by atoms with E-state index in [1.807, 2.05) is 27.7 Å². The Morgan fingerprint density at radius 2 is 1.71 bits per heavy atom. The van der Waals surface area contributed by atoms with Gasteiger partial charge in [0.2, 0.25) is 0 Å². The number of nitrogens with two attached hydrogens (primary N) is 1. The minimum atomic E-state index is -0.569. The molecule has 0 saturated carbocycles. The second-order valence-corrected chi connectivity index (χ2v) is 8.32. The van der Waals surface area contributed by atoms with E-state index in [1.54, 1.807) is 42.1 Å². The summed E-state index contributed by atoms with van der Waals surface area (Å²) in [5, 5.41) is 0. The molecule has 8 heteroatoms. The van der Waals surface area contributed by atoms with Gasteiger partial charge in [-0.25, -0.2) is 4.79 Å². The van der Waals surface area contributed by atoms with Crippen LogP contribution < -0.4 is 5.73 Å². The van der Waals surface area contributed by atoms with Gasteiger partial charge >= 0.3 is 6.09 Å². The van der Waals surface area contributed by atoms with Gasteiger partial charge in [-0.2, -0.15) is 0 Å². The molecule has 0 bridgehead atoms. The van der Waals surface area contributed by atoms with Gasteiger partial charge < -0.3 is 25.2 Å². The van der Waals surface area contributed by atoms with E-state index in [0.717, 1.165) is 0 Å². The molecule has 28 heavy (non-hydrogen) atoms. The predicted molar refractivity (Wildman–Crippen MR) is 107 cm³/mol. The molecule has 0 aromatic heterocycles. The molecular weight excluding hydrogens is 360 g/mol. The molecule has 8 nitrogen and oxygen atoms in total. The number of amides is 3. The third-order valence-corrected chi connectivity index (χ3v) is 4.40. The molecule has 1 atom stereocenters. The summed E-state index contributed by atoms with van der Waals surface area (Å²) in [7, 11) is 3.29. The van der Waals surface area contributed by atoms with Gasteiger partial charge in [0.25, 0.3) is 11.8 Å². The summed E-state index contributed by atoms with van der Waals surface area (Å²) in [4.78, 5) is 42.3. The van der Waals surface area contributed by atoms with Crippen molar-refractivity contribution in [2.75, 3.05) is 39.5 Å². The Bertz CT molecular complexity index is 770. The highest BCUT2D eigenvalue weighted by Gasteiger charge is 2.33. The molecule has 1 aliphatic heterocycles. The third kappa shape index (κ3) is 5.15. The number of nitrogen functional groups attached to an aromatic ring is 1. The fraction of sp³-hybridized carbons (Fsp3) is 0.550. The molecule has 1 aromatic rings. The van der Waals surface area contributed by atoms with Gasteiger partial charge in [0, 0.05) is 56.6 Å². The number of piperazine rings is 1. The fourth-order valence-electron chi connectivity index (χ4n) is 3.07. The smallest absolute Gasteiger partial charge is 0.410 e. The number of rotatable bonds is 2. The number of ether oxygens (including phenoxy) is 1. The van der Waals surface area contributed by atoms with E-state index < -0.39 is 5.60 Å². The van der Waals surface area contributed by atoms with Gasteiger partial charge in [-0.3, -0.25) is 9.59 Å². The van der Waals surface area contributed by atoms with Crippen molar-refractivity contribution in [1.82, 2.24) is 14.7 Å². The van der Waals surface area contributed by atoms with Crippen LogP contribution in [0.25, 0.3) is 0 Å². The van der Waals surface area contributed by atoms with E-state index in [2.05, 4.69) is 0 Å². The van der Waals surface area contributed by atoms with Crippen molar-refractivity contribution in [2.24, 2.45) is 0 Å². The minimum Gasteiger partial charge on any atom is -0.444 e. The first-order valence-electron chi connectivity index (χ1n) is 9.30. The summed E-state index contributed by atoms with van der Waals surface area (Å²) in [6.07, 6.45) is -0.380. The van der Waals surface area contributed by atoms with Crippen LogP contribution in [0.1, 0.15) is 48.4 Å². The van der Waals surface area contributed by atoms with Crippen molar-refractivity contribution in [3.63, 3.8) is 0 Å². The van der Waals surface area contributed by atoms with E-state index in [4.69, 9.17) is 10.5 Å². The molecule has 154 valence electrons. The van der Waals surface area contributed by atoms with Gasteiger partial charge in [0.05, 0.1) is 0 Å². The van der Waals surface area contributed by atoms with Crippen molar-refractivity contribution >= 4 is 23.6 Å². The maximum absolute atomic E-state index is 13.0. The molecule has 1 aliphatic rings. The normalized spacial score (nSPS) is 17.3. The lowest BCUT2D eigenvalue weighted by Gasteiger charge is -2.40. The maximum atomic E-state index is 13.0. The molecule has 1 heterocycles. The molecule has 1 fully saturated rings. The third-order valence-electron chi connectivity index (χ3n) is 4.40. The number of anilines is 1. The average molecular weight is 390 g/mol. The number of hydrogen-bond donors (Lipinski definition) is 1. The van der Waals surface area contributed by atoms with Gasteiger partial charge in [-0.1, -0.05) is 0 Å². The van der Waals surface area contributed by atoms with Crippen molar-refractivity contribution in [3.8, 4) is 0 Å². The number of nitrogens with zero attached hydrogens (tertiary/aromatic N) is 3. The Labute approximate surface area is 166 Å². The van der Waals surface area contributed by atoms with Crippen LogP contribution in [0.5, 0.6) is 0 Å². The zero-order chi connectivity index (χ0) is 21.2. The lowest BCUT2D eigenvalue weighted by atomic mass is 10.1. The van der Waals surface area contributed by atoms with Crippen LogP contribution in [-0.2, 0) is 4.74 Å². The van der Waals surface area contributed by atoms with E-state index in [0.29, 0.717) is 36.4 Å². The monoisotopic (exact) mass is 390 g/mol. The zero-order valence-corrected chi connectivity index (χ0v) is 17.5. The van der Waals surface area contributed by atoms with Gasteiger partial charge in [0.15, 0.2) is 0 Å². The lowest BCUT2D eigenvalue weighted by molar-refractivity contribution is 0.00198. The van der Waals surface area contributed by atoms with E-state index in [1.165, 1.54) is 4.90 Å². The molecular formula is C20H30N4O4. The first-order valence-corrected chi connectivity index (χ1v) is 9.30. The summed E-state index contributed by atoms with van der Waals surface area (Å²) in [6, 6.07) is 4.50. The predicted octanol–water partition coefficient (Wildman–Crippen LogP) is 2.05. The topological polar surface area (TPSA) is 96.2 Å². The van der Waals surface area contributed by atoms with Crippen molar-refractivity contribution in [1.29, 1.82) is 0 Å². The summed E-state index contributed by atoms with van der Waals surface area (Å²) in [5.74, 6) is -0.430. The Kier molecular flexibility index (Phi) is 6.21. The Morgan fingerprint density at radius 1 is 1.11 bits per heavy atom. The van der Waals surface area contributed by atoms with E-state index in [9.17, 15) is 14.4 Å². The molecule has 1 aromatic carbocycles. The number of hydrogen-bond acceptors (Lipinski definition) is 5. The standard InChI is InChI=1S/C20H30N4O4/c1-13-12-23(7-8-24(13)19(27)28-20(2,3)4)18(26)15-9-14(10-16(21)11-15)17(25)22(5)6/h9-11,13H,7-8,12,21H2,1-6H3/t13-/m1/s1. The summed E-state index contributed by atoms with van der Waals surface area (Å²) in [6.45, 7) is 8.49. The molecule has 2 N–H and O–H groups in total. The van der Waals surface area contributed by atoms with E-state index in [-0.39, 0.29) is 23.9 Å². The molecule has 2 rings (SSSR count). The van der Waals surface area contributed by atoms with Gasteiger partial charge in [0.1, 0.15) is 5.60 Å². The molecule has 0 aliphatic carbocycles. The minimum absolute atomic E-state index is 0.184. The van der Waals surface area contributed by atoms with Crippen LogP contribution >= 0.6 is 0 Å². The highest BCUT2D eigenvalue weighted by molar-refractivity contribution is 6.01. The van der Waals surface area contributed by atoms with Gasteiger partial charge in [-0.05, 0) is 45.9 Å². The molecule has 0 unspecified atom stereocenters. The summed E-state index contributed by atoms with van der Waals surface area (Å²) >= 11 is 0. The number of carbonyl (C=O) groups excluding carboxylic acids is 3. The average Bonchev–Trinajstić information content (AvgIpc) is 2.57. The first kappa shape index (κ1) is 21.5. The fourth-order valence-corrected chi connectivity index (χ4v) is 3.07. The van der Waals surface area contributed by atoms with Crippen molar-refractivity contribution in [3.05, 3.63) is 29.3 Å². The van der Waals surface area contributed by atoms with Crippen LogP contribution in [0.3, 0.4) is 0 Å². The molecule has 1 saturated heterocycles. The Hall–Kier alpha value is -2.77. The Balaban J connectivity index is 2.13. The number of benzene rings is 1. The van der Waals surface area contributed by atoms with Crippen LogP contribution in [0.2, 0.25) is 0 Å². The lowest BCUT2D eigenvalue weighted by Crippen LogP contribution is -2.56. The molecule has 0 spiro atoms. The van der Waals surface area contributed by atoms with Crippen LogP contribution in [0.15, 0.2) is 18.2 Å². The highest BCUT2D eigenvalue weighted by Crippen LogP contribution is 2.20. The Morgan fingerprint density at radius 3 is 2.25 bits per heavy atom. The number of carbonyl (C=O) groups is 3. The highest BCUT2D eigenvalue weighted by atomic mass is 16.6. The van der Waals surface area contributed by atoms with Crippen LogP contribution in [0.4, 0.5) is 10.5 Å². The van der Waals surface area contributed by atoms with Gasteiger partial charge in [-0.15, -0.1) is 0 Å². The van der Waals surface area contributed by atoms with Crippen molar-refractivity contribution < 1.29 is 19.1 Å². The van der Waals surface area contributed by atoms with E-state index >= 15 is 0 Å². The summed E-state index contributed by atoms with van der Waals surface area (Å²) in [5.41, 5.74) is 6.42. The second kappa shape index (κ2) is 8.08. The second-order valence-electron chi connectivity index (χ2n) is 8.32. The largest absolute Gasteiger partial charge is 0.444 e. The zero-order valence-electron chi connectivity index (χ0n) is 17.5. The van der Waals surface area contributed by atoms with Crippen LogP contribution in [0, 0.1) is 0 Å². The quantitative estimate of drug-likeness (QED) is 0.780. The summed E-state index contributed by atoms with van der Waals surface area (Å²) < 4.78 is 5.43. The first-order chi connectivity index (χ1) is 12.9.